The van der Waals surface area contributed by atoms with Gasteiger partial charge in [-0.05, 0) is 54.2 Å². The molecule has 0 aliphatic rings. The molecule has 0 aliphatic carbocycles. The Balaban J connectivity index is 0.00000729. The molecular weight excluding hydrogens is 705 g/mol. The van der Waals surface area contributed by atoms with E-state index in [1.165, 1.54) is 24.3 Å². The maximum Gasteiger partial charge on any atom is 1.00 e. The zero-order valence-corrected chi connectivity index (χ0v) is 34.3. The number of carbonyl (C=O) groups is 2. The van der Waals surface area contributed by atoms with Gasteiger partial charge in [-0.25, -0.2) is 13.2 Å². The van der Waals surface area contributed by atoms with Crippen LogP contribution in [0.1, 0.15) is 55.6 Å². The largest absolute Gasteiger partial charge is 1.00 e. The van der Waals surface area contributed by atoms with Crippen LogP contribution in [0.3, 0.4) is 0 Å². The molecule has 0 radical (unpaired) electrons. The summed E-state index contributed by atoms with van der Waals surface area (Å²) in [5, 5.41) is 5.12. The van der Waals surface area contributed by atoms with Gasteiger partial charge in [0.1, 0.15) is 6.04 Å². The fourth-order valence-corrected chi connectivity index (χ4v) is 7.14. The average molecular weight is 753 g/mol. The molecule has 0 saturated heterocycles. The Kier molecular flexibility index (Phi) is 17.6. The fraction of sp³-hybridized carbons (Fsp3) is 0.394. The molecule has 0 bridgehead atoms. The minimum atomic E-state index is -5.53. The number of phosphoric ester groups is 1. The Morgan fingerprint density at radius 3 is 2.02 bits per heavy atom. The second kappa shape index (κ2) is 22.3. The van der Waals surface area contributed by atoms with Crippen molar-refractivity contribution < 1.29 is 106 Å². The van der Waals surface area contributed by atoms with E-state index in [2.05, 4.69) is 19.9 Å². The number of nitrogens with zero attached hydrogens (tertiary/aromatic N) is 1. The van der Waals surface area contributed by atoms with Crippen molar-refractivity contribution >= 4 is 35.5 Å². The Morgan fingerprint density at radius 1 is 0.960 bits per heavy atom. The number of nitrogen functional groups attached to an aromatic ring is 1. The summed E-state index contributed by atoms with van der Waals surface area (Å²) in [4.78, 5) is 49.1. The van der Waals surface area contributed by atoms with Gasteiger partial charge in [-0.1, -0.05) is 80.9 Å². The number of hydrogen-bond donors (Lipinski definition) is 3. The van der Waals surface area contributed by atoms with E-state index in [9.17, 15) is 32.4 Å². The first-order valence-corrected chi connectivity index (χ1v) is 18.1. The van der Waals surface area contributed by atoms with Gasteiger partial charge in [-0.15, -0.1) is 0 Å². The summed E-state index contributed by atoms with van der Waals surface area (Å²) < 4.78 is 79.6. The first kappa shape index (κ1) is 39.4. The molecule has 0 heterocycles. The van der Waals surface area contributed by atoms with E-state index in [4.69, 9.17) is 11.2 Å². The first-order chi connectivity index (χ1) is 24.3. The third kappa shape index (κ3) is 14.7. The van der Waals surface area contributed by atoms with Crippen molar-refractivity contribution in [2.24, 2.45) is 5.92 Å². The summed E-state index contributed by atoms with van der Waals surface area (Å²) in [5.41, 5.74) is 7.29. The van der Waals surface area contributed by atoms with E-state index < -0.39 is 73.9 Å². The van der Waals surface area contributed by atoms with Crippen molar-refractivity contribution in [1.29, 1.82) is 0 Å². The van der Waals surface area contributed by atoms with Crippen LogP contribution in [0.25, 0.3) is 0 Å². The van der Waals surface area contributed by atoms with Gasteiger partial charge in [0.05, 0.1) is 30.5 Å². The van der Waals surface area contributed by atoms with E-state index >= 15 is 0 Å². The Hall–Kier alpha value is -1.78. The third-order valence-electron chi connectivity index (χ3n) is 7.25. The summed E-state index contributed by atoms with van der Waals surface area (Å²) >= 11 is 0. The van der Waals surface area contributed by atoms with Crippen molar-refractivity contribution in [2.75, 3.05) is 32.4 Å². The smallest absolute Gasteiger partial charge is 0.790 e. The Labute approximate surface area is 344 Å². The van der Waals surface area contributed by atoms with E-state index in [0.29, 0.717) is 16.8 Å². The molecule has 0 saturated carbocycles. The quantitative estimate of drug-likeness (QED) is 0.0520. The number of ether oxygens (including phenoxy) is 1. The summed E-state index contributed by atoms with van der Waals surface area (Å²) in [6, 6.07) is 20.1. The molecule has 13 nitrogen and oxygen atoms in total. The van der Waals surface area contributed by atoms with Crippen LogP contribution in [-0.4, -0.2) is 63.5 Å². The van der Waals surface area contributed by atoms with Gasteiger partial charge in [0.25, 0.3) is 0 Å². The molecule has 3 aromatic rings. The van der Waals surface area contributed by atoms with Crippen molar-refractivity contribution in [3.8, 4) is 0 Å². The predicted molar refractivity (Wildman–Crippen MR) is 178 cm³/mol. The van der Waals surface area contributed by atoms with Crippen LogP contribution in [0, 0.1) is 5.92 Å². The van der Waals surface area contributed by atoms with Crippen LogP contribution < -0.4 is 85.3 Å². The third-order valence-corrected chi connectivity index (χ3v) is 9.56. The molecule has 0 spiro atoms. The fourth-order valence-electron chi connectivity index (χ4n) is 5.10. The number of amides is 2. The van der Waals surface area contributed by atoms with E-state index in [1.54, 1.807) is 74.5 Å². The van der Waals surface area contributed by atoms with Crippen LogP contribution >= 0.6 is 7.82 Å². The standard InChI is InChI=1S/C33H45N4O9PS.2Na/c1-24(2)22-37(48(43,44)29-19-17-27(34)18-20-29)28(23-46-47(40,41)42)16-10-11-21-35-32(38)31(36-33(39)45-3)30(25-12-6-4-7-13-25)26-14-8-5-9-15-26;;/h4-9,12-15,17-20,24,28,30-31H,10-11,16,21-23,34H2,1-3H3,(H,35,38)(H,36,39)(H2,40,41,42);;/q;2*+1/p-2/t28-,31-;;/m0../s1/i3D3,22D;;/t22?,28-,31-;;. The van der Waals surface area contributed by atoms with Gasteiger partial charge in [-0.3, -0.25) is 4.79 Å². The summed E-state index contributed by atoms with van der Waals surface area (Å²) in [7, 11) is -13.0. The number of nitrogens with one attached hydrogen (secondary N) is 2. The van der Waals surface area contributed by atoms with E-state index in [-0.39, 0.29) is 89.8 Å². The van der Waals surface area contributed by atoms with Crippen LogP contribution in [0.5, 0.6) is 0 Å². The van der Waals surface area contributed by atoms with Gasteiger partial charge >= 0.3 is 65.2 Å². The van der Waals surface area contributed by atoms with Gasteiger partial charge in [-0.2, -0.15) is 4.31 Å². The van der Waals surface area contributed by atoms with Crippen LogP contribution in [0.4, 0.5) is 10.5 Å². The zero-order chi connectivity index (χ0) is 38.7. The van der Waals surface area contributed by atoms with Crippen molar-refractivity contribution in [2.45, 2.75) is 56.0 Å². The number of sulfonamides is 1. The first-order valence-electron chi connectivity index (χ1n) is 17.2. The summed E-state index contributed by atoms with van der Waals surface area (Å²) in [6.45, 7) is 0.956. The summed E-state index contributed by atoms with van der Waals surface area (Å²) in [5.74, 6) is -2.02. The van der Waals surface area contributed by atoms with E-state index in [1.807, 2.05) is 0 Å². The van der Waals surface area contributed by atoms with Crippen molar-refractivity contribution in [3.63, 3.8) is 0 Å². The molecule has 17 heteroatoms. The molecule has 3 atom stereocenters. The topological polar surface area (TPSA) is 203 Å². The number of methoxy groups -OCH3 is 1. The number of benzene rings is 3. The summed E-state index contributed by atoms with van der Waals surface area (Å²) in [6.07, 6.45) is -1.06. The minimum Gasteiger partial charge on any atom is -0.790 e. The number of hydrogen-bond acceptors (Lipinski definition) is 10. The molecule has 4 N–H and O–H groups in total. The second-order valence-corrected chi connectivity index (χ2v) is 14.3. The molecule has 0 aromatic heterocycles. The van der Waals surface area contributed by atoms with Gasteiger partial charge < -0.3 is 40.0 Å². The van der Waals surface area contributed by atoms with E-state index in [0.717, 1.165) is 4.31 Å². The van der Waals surface area contributed by atoms with Gasteiger partial charge in [0.2, 0.25) is 15.9 Å². The SMILES string of the molecule is [2H]C(C(C)C)N([C@@H](CCCCNC(=O)[C@@H](NC(=O)OC([2H])([2H])[2H])C(c1ccccc1)c1ccccc1)COP(=O)([O-])[O-])S(=O)(=O)c1ccc(N)cc1.[Na+].[Na+]. The van der Waals surface area contributed by atoms with Crippen LogP contribution in [0.15, 0.2) is 89.8 Å². The molecule has 262 valence electrons. The Bertz CT molecular complexity index is 1720. The molecule has 0 fully saturated rings. The average Bonchev–Trinajstić information content (AvgIpc) is 3.06. The maximum atomic E-state index is 13.8. The number of nitrogens with two attached hydrogens (primary N) is 1. The molecule has 1 unspecified atom stereocenters. The predicted octanol–water partition coefficient (Wildman–Crippen LogP) is -3.02. The monoisotopic (exact) mass is 752 g/mol. The molecule has 3 aromatic carbocycles. The number of unbranched alkanes of at least 4 members (excludes halogenated alkanes) is 1. The molecule has 3 rings (SSSR count). The number of alkyl carbamates (subject to hydrolysis) is 1. The Morgan fingerprint density at radius 2 is 1.52 bits per heavy atom. The maximum absolute atomic E-state index is 13.8. The second-order valence-electron chi connectivity index (χ2n) is 11.3. The molecule has 50 heavy (non-hydrogen) atoms. The van der Waals surface area contributed by atoms with Crippen LogP contribution in [0.2, 0.25) is 0 Å². The normalized spacial score (nSPS) is 14.9. The molecule has 0 aliphatic heterocycles. The number of rotatable bonds is 18. The number of carbonyl (C=O) groups excluding carboxylic acids is 2. The number of anilines is 1. The van der Waals surface area contributed by atoms with Gasteiger partial charge in [0, 0.05) is 32.1 Å². The molecular formula is C33H43N4Na2O9PS. The van der Waals surface area contributed by atoms with Crippen LogP contribution in [-0.2, 0) is 28.6 Å². The zero-order valence-electron chi connectivity index (χ0n) is 32.6. The van der Waals surface area contributed by atoms with Crippen molar-refractivity contribution in [1.82, 2.24) is 14.9 Å². The van der Waals surface area contributed by atoms with Crippen molar-refractivity contribution in [3.05, 3.63) is 96.1 Å². The molecule has 2 amide bonds. The minimum absolute atomic E-state index is 0. The number of phosphoric acid groups is 1. The van der Waals surface area contributed by atoms with Gasteiger partial charge in [0.15, 0.2) is 0 Å².